The van der Waals surface area contributed by atoms with Crippen molar-refractivity contribution < 1.29 is 14.4 Å². The van der Waals surface area contributed by atoms with Gasteiger partial charge in [-0.2, -0.15) is 0 Å². The molecule has 0 saturated carbocycles. The Kier molecular flexibility index (Phi) is 2.85. The minimum absolute atomic E-state index is 0.168. The smallest absolute Gasteiger partial charge is 0.256 e. The van der Waals surface area contributed by atoms with E-state index in [9.17, 15) is 14.4 Å². The fourth-order valence-electron chi connectivity index (χ4n) is 1.45. The summed E-state index contributed by atoms with van der Waals surface area (Å²) in [5.41, 5.74) is 1.91. The van der Waals surface area contributed by atoms with Crippen molar-refractivity contribution in [3.8, 4) is 0 Å². The molecule has 3 N–H and O–H groups in total. The highest BCUT2D eigenvalue weighted by Crippen LogP contribution is 2.20. The summed E-state index contributed by atoms with van der Waals surface area (Å²) in [6, 6.07) is -0.829. The molecule has 0 aromatic rings. The van der Waals surface area contributed by atoms with Crippen LogP contribution in [0.1, 0.15) is 20.3 Å². The van der Waals surface area contributed by atoms with E-state index in [4.69, 9.17) is 5.84 Å². The van der Waals surface area contributed by atoms with E-state index in [0.29, 0.717) is 0 Å². The van der Waals surface area contributed by atoms with Crippen molar-refractivity contribution in [2.24, 2.45) is 11.8 Å². The molecule has 1 saturated heterocycles. The molecule has 14 heavy (non-hydrogen) atoms. The fraction of sp³-hybridized carbons (Fsp3) is 0.625. The Hall–Kier alpha value is -1.43. The van der Waals surface area contributed by atoms with E-state index in [1.165, 1.54) is 6.92 Å². The number of rotatable bonds is 2. The van der Waals surface area contributed by atoms with Crippen LogP contribution in [-0.2, 0) is 14.4 Å². The number of nitrogens with one attached hydrogen (secondary N) is 1. The van der Waals surface area contributed by atoms with E-state index in [2.05, 4.69) is 0 Å². The van der Waals surface area contributed by atoms with Crippen LogP contribution in [-0.4, -0.2) is 28.7 Å². The number of carbonyl (C=O) groups is 3. The van der Waals surface area contributed by atoms with Crippen molar-refractivity contribution in [2.45, 2.75) is 26.3 Å². The van der Waals surface area contributed by atoms with Gasteiger partial charge in [-0.05, 0) is 6.92 Å². The Labute approximate surface area is 81.4 Å². The fourth-order valence-corrected chi connectivity index (χ4v) is 1.45. The van der Waals surface area contributed by atoms with Gasteiger partial charge in [-0.3, -0.25) is 24.7 Å². The van der Waals surface area contributed by atoms with Gasteiger partial charge in [-0.15, -0.1) is 0 Å². The maximum atomic E-state index is 11.5. The first-order chi connectivity index (χ1) is 6.49. The third kappa shape index (κ3) is 1.60. The van der Waals surface area contributed by atoms with E-state index >= 15 is 0 Å². The number of imide groups is 1. The van der Waals surface area contributed by atoms with E-state index in [0.717, 1.165) is 4.90 Å². The summed E-state index contributed by atoms with van der Waals surface area (Å²) < 4.78 is 0. The third-order valence-electron chi connectivity index (χ3n) is 2.32. The molecule has 6 nitrogen and oxygen atoms in total. The quantitative estimate of drug-likeness (QED) is 0.252. The number of hydrogen-bond donors (Lipinski definition) is 2. The summed E-state index contributed by atoms with van der Waals surface area (Å²) in [6.07, 6.45) is 0.168. The second-order valence-corrected chi connectivity index (χ2v) is 3.39. The zero-order valence-electron chi connectivity index (χ0n) is 8.11. The number of carbonyl (C=O) groups excluding carboxylic acids is 3. The van der Waals surface area contributed by atoms with Crippen molar-refractivity contribution in [3.05, 3.63) is 0 Å². The predicted octanol–water partition coefficient (Wildman–Crippen LogP) is -1.24. The average molecular weight is 199 g/mol. The summed E-state index contributed by atoms with van der Waals surface area (Å²) in [5, 5.41) is 0. The molecule has 1 heterocycles. The van der Waals surface area contributed by atoms with Crippen molar-refractivity contribution in [2.75, 3.05) is 0 Å². The molecule has 78 valence electrons. The van der Waals surface area contributed by atoms with Gasteiger partial charge in [0.05, 0.1) is 0 Å². The summed E-state index contributed by atoms with van der Waals surface area (Å²) in [7, 11) is 0. The topological polar surface area (TPSA) is 92.5 Å². The van der Waals surface area contributed by atoms with Crippen LogP contribution < -0.4 is 11.3 Å². The van der Waals surface area contributed by atoms with Crippen LogP contribution in [0, 0.1) is 5.92 Å². The molecule has 0 aliphatic carbocycles. The van der Waals surface area contributed by atoms with Gasteiger partial charge in [-0.25, -0.2) is 5.84 Å². The van der Waals surface area contributed by atoms with Crippen LogP contribution in [0.25, 0.3) is 0 Å². The van der Waals surface area contributed by atoms with Gasteiger partial charge in [0, 0.05) is 12.3 Å². The lowest BCUT2D eigenvalue weighted by atomic mass is 10.1. The molecule has 1 aliphatic rings. The Morgan fingerprint density at radius 2 is 2.21 bits per heavy atom. The molecule has 2 atom stereocenters. The Bertz CT molecular complexity index is 290. The molecule has 6 heteroatoms. The zero-order chi connectivity index (χ0) is 10.9. The zero-order valence-corrected chi connectivity index (χ0v) is 8.11. The van der Waals surface area contributed by atoms with E-state index < -0.39 is 11.9 Å². The highest BCUT2D eigenvalue weighted by Gasteiger charge is 2.40. The Morgan fingerprint density at radius 1 is 1.64 bits per heavy atom. The molecule has 2 unspecified atom stereocenters. The monoisotopic (exact) mass is 199 g/mol. The highest BCUT2D eigenvalue weighted by atomic mass is 16.2. The number of likely N-dealkylation sites (tertiary alicyclic amines) is 1. The molecular weight excluding hydrogens is 186 g/mol. The van der Waals surface area contributed by atoms with Crippen molar-refractivity contribution >= 4 is 17.7 Å². The molecule has 1 fully saturated rings. The number of nitrogens with two attached hydrogens (primary N) is 1. The first-order valence-corrected chi connectivity index (χ1v) is 4.35. The first kappa shape index (κ1) is 10.6. The van der Waals surface area contributed by atoms with Gasteiger partial charge in [-0.1, -0.05) is 6.92 Å². The van der Waals surface area contributed by atoms with E-state index in [1.54, 1.807) is 6.92 Å². The molecule has 0 aromatic heterocycles. The average Bonchev–Trinajstić information content (AvgIpc) is 2.39. The van der Waals surface area contributed by atoms with Gasteiger partial charge in [0.1, 0.15) is 6.04 Å². The van der Waals surface area contributed by atoms with Gasteiger partial charge in [0.2, 0.25) is 11.8 Å². The number of nitrogens with zero attached hydrogens (tertiary/aromatic N) is 1. The van der Waals surface area contributed by atoms with Crippen LogP contribution in [0.2, 0.25) is 0 Å². The van der Waals surface area contributed by atoms with E-state index in [1.807, 2.05) is 5.43 Å². The van der Waals surface area contributed by atoms with Crippen LogP contribution in [0.3, 0.4) is 0 Å². The Balaban J connectivity index is 2.82. The van der Waals surface area contributed by atoms with Gasteiger partial charge >= 0.3 is 0 Å². The van der Waals surface area contributed by atoms with Gasteiger partial charge in [0.15, 0.2) is 0 Å². The van der Waals surface area contributed by atoms with Gasteiger partial charge < -0.3 is 0 Å². The van der Waals surface area contributed by atoms with Crippen LogP contribution in [0.5, 0.6) is 0 Å². The molecule has 3 amide bonds. The molecule has 0 bridgehead atoms. The molecular formula is C8H13N3O3. The molecule has 0 radical (unpaired) electrons. The first-order valence-electron chi connectivity index (χ1n) is 4.35. The van der Waals surface area contributed by atoms with Crippen molar-refractivity contribution in [1.29, 1.82) is 0 Å². The minimum Gasteiger partial charge on any atom is -0.292 e. The Morgan fingerprint density at radius 3 is 2.57 bits per heavy atom. The molecule has 0 aromatic carbocycles. The number of hydrazine groups is 1. The molecule has 1 rings (SSSR count). The van der Waals surface area contributed by atoms with Crippen molar-refractivity contribution in [3.63, 3.8) is 0 Å². The lowest BCUT2D eigenvalue weighted by molar-refractivity contribution is -0.146. The highest BCUT2D eigenvalue weighted by molar-refractivity contribution is 6.06. The summed E-state index contributed by atoms with van der Waals surface area (Å²) in [6.45, 7) is 3.13. The van der Waals surface area contributed by atoms with Crippen LogP contribution in [0.15, 0.2) is 0 Å². The summed E-state index contributed by atoms with van der Waals surface area (Å²) in [4.78, 5) is 34.9. The third-order valence-corrected chi connectivity index (χ3v) is 2.32. The van der Waals surface area contributed by atoms with Crippen molar-refractivity contribution in [1.82, 2.24) is 10.3 Å². The summed E-state index contributed by atoms with van der Waals surface area (Å²) in [5.74, 6) is 3.40. The SMILES string of the molecule is CC1CC(=O)N(C(C)C(=O)NN)C1=O. The normalized spacial score (nSPS) is 23.9. The summed E-state index contributed by atoms with van der Waals surface area (Å²) >= 11 is 0. The van der Waals surface area contributed by atoms with Crippen LogP contribution in [0.4, 0.5) is 0 Å². The standard InChI is InChI=1S/C8H13N3O3/c1-4-3-6(12)11(8(4)14)5(2)7(13)10-9/h4-5H,3,9H2,1-2H3,(H,10,13). The largest absolute Gasteiger partial charge is 0.292 e. The lowest BCUT2D eigenvalue weighted by Crippen LogP contribution is -2.49. The maximum Gasteiger partial charge on any atom is 0.256 e. The van der Waals surface area contributed by atoms with Crippen LogP contribution >= 0.6 is 0 Å². The molecule has 1 aliphatic heterocycles. The minimum atomic E-state index is -0.829. The molecule has 0 spiro atoms. The number of amides is 3. The second kappa shape index (κ2) is 3.75. The van der Waals surface area contributed by atoms with E-state index in [-0.39, 0.29) is 24.2 Å². The van der Waals surface area contributed by atoms with Gasteiger partial charge in [0.25, 0.3) is 5.91 Å². The lowest BCUT2D eigenvalue weighted by Gasteiger charge is -2.20. The number of hydrogen-bond acceptors (Lipinski definition) is 4. The second-order valence-electron chi connectivity index (χ2n) is 3.39. The predicted molar refractivity (Wildman–Crippen MR) is 47.4 cm³/mol. The maximum absolute atomic E-state index is 11.5.